The van der Waals surface area contributed by atoms with Crippen molar-refractivity contribution in [3.63, 3.8) is 0 Å². The zero-order valence-corrected chi connectivity index (χ0v) is 15.6. The zero-order chi connectivity index (χ0) is 19.2. The Labute approximate surface area is 153 Å². The predicted molar refractivity (Wildman–Crippen MR) is 101 cm³/mol. The van der Waals surface area contributed by atoms with Crippen molar-refractivity contribution in [1.29, 1.82) is 0 Å². The summed E-state index contributed by atoms with van der Waals surface area (Å²) in [6.07, 6.45) is 1.66. The highest BCUT2D eigenvalue weighted by molar-refractivity contribution is 7.89. The summed E-state index contributed by atoms with van der Waals surface area (Å²) in [5.41, 5.74) is 1.33. The molecule has 6 nitrogen and oxygen atoms in total. The molecular weight excluding hydrogens is 352 g/mol. The van der Waals surface area contributed by atoms with Gasteiger partial charge in [-0.15, -0.1) is 0 Å². The Kier molecular flexibility index (Phi) is 6.65. The average molecular weight is 374 g/mol. The molecule has 1 amide bonds. The molecule has 2 aromatic rings. The molecule has 0 unspecified atom stereocenters. The van der Waals surface area contributed by atoms with E-state index in [0.29, 0.717) is 23.4 Å². The van der Waals surface area contributed by atoms with E-state index in [1.807, 2.05) is 6.92 Å². The second-order valence-electron chi connectivity index (χ2n) is 5.87. The molecule has 138 valence electrons. The fourth-order valence-electron chi connectivity index (χ4n) is 2.27. The van der Waals surface area contributed by atoms with Crippen LogP contribution in [-0.4, -0.2) is 26.7 Å². The molecule has 0 saturated heterocycles. The number of sulfonamides is 1. The Morgan fingerprint density at radius 2 is 1.69 bits per heavy atom. The van der Waals surface area contributed by atoms with Gasteiger partial charge in [0.25, 0.3) is 5.91 Å². The lowest BCUT2D eigenvalue weighted by molar-refractivity contribution is 0.101. The Balaban J connectivity index is 2.09. The van der Waals surface area contributed by atoms with E-state index in [9.17, 15) is 18.0 Å². The van der Waals surface area contributed by atoms with E-state index in [2.05, 4.69) is 10.0 Å². The van der Waals surface area contributed by atoms with Crippen molar-refractivity contribution in [2.24, 2.45) is 0 Å². The first-order chi connectivity index (χ1) is 12.3. The number of hydrogen-bond acceptors (Lipinski definition) is 4. The fourth-order valence-corrected chi connectivity index (χ4v) is 3.35. The minimum Gasteiger partial charge on any atom is -0.322 e. The highest BCUT2D eigenvalue weighted by Gasteiger charge is 2.14. The van der Waals surface area contributed by atoms with E-state index in [4.69, 9.17) is 0 Å². The number of carbonyl (C=O) groups excluding carboxylic acids is 2. The number of hydrogen-bond donors (Lipinski definition) is 2. The second-order valence-corrected chi connectivity index (χ2v) is 7.63. The normalized spacial score (nSPS) is 11.2. The number of unbranched alkanes of at least 4 members (excludes halogenated alkanes) is 1. The Morgan fingerprint density at radius 3 is 2.31 bits per heavy atom. The van der Waals surface area contributed by atoms with Crippen LogP contribution < -0.4 is 10.0 Å². The van der Waals surface area contributed by atoms with Crippen LogP contribution in [-0.2, 0) is 10.0 Å². The van der Waals surface area contributed by atoms with E-state index in [0.717, 1.165) is 12.8 Å². The molecule has 0 radical (unpaired) electrons. The molecule has 0 aliphatic rings. The molecule has 0 spiro atoms. The topological polar surface area (TPSA) is 92.3 Å². The average Bonchev–Trinajstić information content (AvgIpc) is 2.62. The first-order valence-corrected chi connectivity index (χ1v) is 9.84. The molecule has 0 atom stereocenters. The van der Waals surface area contributed by atoms with Crippen LogP contribution in [0.15, 0.2) is 53.4 Å². The van der Waals surface area contributed by atoms with Crippen LogP contribution in [0, 0.1) is 0 Å². The largest absolute Gasteiger partial charge is 0.322 e. The van der Waals surface area contributed by atoms with Gasteiger partial charge in [0, 0.05) is 23.4 Å². The highest BCUT2D eigenvalue weighted by Crippen LogP contribution is 2.15. The molecule has 0 bridgehead atoms. The minimum atomic E-state index is -3.57. The molecule has 2 aromatic carbocycles. The molecule has 0 aliphatic heterocycles. The summed E-state index contributed by atoms with van der Waals surface area (Å²) < 4.78 is 26.8. The quantitative estimate of drug-likeness (QED) is 0.548. The van der Waals surface area contributed by atoms with Crippen LogP contribution >= 0.6 is 0 Å². The molecule has 0 fully saturated rings. The van der Waals surface area contributed by atoms with Gasteiger partial charge >= 0.3 is 0 Å². The third-order valence-electron chi connectivity index (χ3n) is 3.78. The van der Waals surface area contributed by atoms with E-state index < -0.39 is 10.0 Å². The van der Waals surface area contributed by atoms with Crippen molar-refractivity contribution in [1.82, 2.24) is 4.72 Å². The molecule has 2 rings (SSSR count). The number of benzene rings is 2. The van der Waals surface area contributed by atoms with Crippen molar-refractivity contribution < 1.29 is 18.0 Å². The van der Waals surface area contributed by atoms with Gasteiger partial charge in [-0.25, -0.2) is 13.1 Å². The lowest BCUT2D eigenvalue weighted by Gasteiger charge is -2.08. The van der Waals surface area contributed by atoms with Crippen molar-refractivity contribution in [3.05, 3.63) is 59.7 Å². The fraction of sp³-hybridized carbons (Fsp3) is 0.263. The number of amides is 1. The monoisotopic (exact) mass is 374 g/mol. The first kappa shape index (κ1) is 19.8. The Morgan fingerprint density at radius 1 is 1.00 bits per heavy atom. The van der Waals surface area contributed by atoms with E-state index in [1.165, 1.54) is 31.2 Å². The third kappa shape index (κ3) is 5.24. The van der Waals surface area contributed by atoms with Crippen LogP contribution in [0.5, 0.6) is 0 Å². The van der Waals surface area contributed by atoms with Gasteiger partial charge in [-0.1, -0.05) is 25.5 Å². The second kappa shape index (κ2) is 8.73. The number of anilines is 1. The van der Waals surface area contributed by atoms with Crippen molar-refractivity contribution in [2.75, 3.05) is 11.9 Å². The molecule has 2 N–H and O–H groups in total. The van der Waals surface area contributed by atoms with Crippen LogP contribution in [0.4, 0.5) is 5.69 Å². The van der Waals surface area contributed by atoms with Crippen LogP contribution in [0.25, 0.3) is 0 Å². The van der Waals surface area contributed by atoms with Crippen LogP contribution in [0.2, 0.25) is 0 Å². The summed E-state index contributed by atoms with van der Waals surface area (Å²) in [7, 11) is -3.57. The number of ketones is 1. The van der Waals surface area contributed by atoms with E-state index in [1.54, 1.807) is 24.3 Å². The maximum atomic E-state index is 12.3. The molecule has 0 aromatic heterocycles. The predicted octanol–water partition coefficient (Wildman–Crippen LogP) is 3.22. The number of Topliss-reactive ketones (excluding diaryl/α,β-unsaturated/α-hetero) is 1. The standard InChI is InChI=1S/C19H22N2O4S/c1-3-4-12-20-26(24,25)18-10-8-15(9-11-18)19(23)21-17-7-5-6-16(13-17)14(2)22/h5-11,13,20H,3-4,12H2,1-2H3,(H,21,23). The first-order valence-electron chi connectivity index (χ1n) is 8.35. The summed E-state index contributed by atoms with van der Waals surface area (Å²) in [6, 6.07) is 12.3. The van der Waals surface area contributed by atoms with Gasteiger partial charge in [0.15, 0.2) is 5.78 Å². The van der Waals surface area contributed by atoms with E-state index >= 15 is 0 Å². The summed E-state index contributed by atoms with van der Waals surface area (Å²) >= 11 is 0. The lowest BCUT2D eigenvalue weighted by atomic mass is 10.1. The Bertz CT molecular complexity index is 890. The molecule has 0 aliphatic carbocycles. The van der Waals surface area contributed by atoms with Gasteiger partial charge in [0.2, 0.25) is 10.0 Å². The van der Waals surface area contributed by atoms with E-state index in [-0.39, 0.29) is 16.6 Å². The smallest absolute Gasteiger partial charge is 0.255 e. The van der Waals surface area contributed by atoms with Gasteiger partial charge in [-0.2, -0.15) is 0 Å². The van der Waals surface area contributed by atoms with Gasteiger partial charge < -0.3 is 5.32 Å². The van der Waals surface area contributed by atoms with Crippen molar-refractivity contribution in [3.8, 4) is 0 Å². The molecule has 7 heteroatoms. The number of carbonyl (C=O) groups is 2. The molecule has 26 heavy (non-hydrogen) atoms. The Hall–Kier alpha value is -2.51. The summed E-state index contributed by atoms with van der Waals surface area (Å²) in [4.78, 5) is 23.8. The molecule has 0 saturated carbocycles. The zero-order valence-electron chi connectivity index (χ0n) is 14.8. The lowest BCUT2D eigenvalue weighted by Crippen LogP contribution is -2.24. The summed E-state index contributed by atoms with van der Waals surface area (Å²) in [5.74, 6) is -0.472. The highest BCUT2D eigenvalue weighted by atomic mass is 32.2. The van der Waals surface area contributed by atoms with Gasteiger partial charge in [0.05, 0.1) is 4.90 Å². The molecule has 0 heterocycles. The third-order valence-corrected chi connectivity index (χ3v) is 5.25. The number of nitrogens with one attached hydrogen (secondary N) is 2. The van der Waals surface area contributed by atoms with Crippen LogP contribution in [0.1, 0.15) is 47.4 Å². The summed E-state index contributed by atoms with van der Waals surface area (Å²) in [5, 5.41) is 2.70. The maximum absolute atomic E-state index is 12.3. The maximum Gasteiger partial charge on any atom is 0.255 e. The van der Waals surface area contributed by atoms with Crippen molar-refractivity contribution in [2.45, 2.75) is 31.6 Å². The van der Waals surface area contributed by atoms with Gasteiger partial charge in [0.1, 0.15) is 0 Å². The van der Waals surface area contributed by atoms with Crippen molar-refractivity contribution >= 4 is 27.4 Å². The van der Waals surface area contributed by atoms with Crippen LogP contribution in [0.3, 0.4) is 0 Å². The SMILES string of the molecule is CCCCNS(=O)(=O)c1ccc(C(=O)Nc2cccc(C(C)=O)c2)cc1. The van der Waals surface area contributed by atoms with Gasteiger partial charge in [-0.05, 0) is 49.7 Å². The minimum absolute atomic E-state index is 0.0915. The van der Waals surface area contributed by atoms with Gasteiger partial charge in [-0.3, -0.25) is 9.59 Å². The summed E-state index contributed by atoms with van der Waals surface area (Å²) in [6.45, 7) is 3.82. The molecular formula is C19H22N2O4S. The number of rotatable bonds is 8.